The Morgan fingerprint density at radius 2 is 1.84 bits per heavy atom. The van der Waals surface area contributed by atoms with Crippen LogP contribution < -0.4 is 15.8 Å². The molecule has 1 amide bonds. The van der Waals surface area contributed by atoms with Crippen LogP contribution in [-0.2, 0) is 6.54 Å². The Morgan fingerprint density at radius 1 is 1.05 bits per heavy atom. The number of pyridine rings is 1. The van der Waals surface area contributed by atoms with Gasteiger partial charge >= 0.3 is 0 Å². The first-order valence-corrected chi connectivity index (χ1v) is 11.4. The van der Waals surface area contributed by atoms with Crippen LogP contribution in [0.5, 0.6) is 5.75 Å². The van der Waals surface area contributed by atoms with Crippen LogP contribution in [0.3, 0.4) is 0 Å². The van der Waals surface area contributed by atoms with Gasteiger partial charge in [0, 0.05) is 17.3 Å². The highest BCUT2D eigenvalue weighted by Gasteiger charge is 2.21. The number of hydrogen-bond acceptors (Lipinski definition) is 8. The molecule has 11 heteroatoms. The average molecular weight is 500 g/mol. The van der Waals surface area contributed by atoms with E-state index in [9.17, 15) is 9.18 Å². The van der Waals surface area contributed by atoms with Crippen molar-refractivity contribution in [3.8, 4) is 28.3 Å². The van der Waals surface area contributed by atoms with Crippen molar-refractivity contribution >= 4 is 22.8 Å². The van der Waals surface area contributed by atoms with Crippen LogP contribution in [0.2, 0.25) is 0 Å². The summed E-state index contributed by atoms with van der Waals surface area (Å²) >= 11 is 0. The summed E-state index contributed by atoms with van der Waals surface area (Å²) in [6, 6.07) is 14.7. The first-order valence-electron chi connectivity index (χ1n) is 11.4. The molecule has 5 N–H and O–H groups in total. The van der Waals surface area contributed by atoms with Crippen molar-refractivity contribution in [3.63, 3.8) is 0 Å². The van der Waals surface area contributed by atoms with E-state index in [1.807, 2.05) is 18.2 Å². The van der Waals surface area contributed by atoms with E-state index >= 15 is 0 Å². The summed E-state index contributed by atoms with van der Waals surface area (Å²) in [5.41, 5.74) is 10.2. The molecule has 0 radical (unpaired) electrons. The summed E-state index contributed by atoms with van der Waals surface area (Å²) in [7, 11) is 0. The van der Waals surface area contributed by atoms with Crippen LogP contribution in [0.15, 0.2) is 67.1 Å². The van der Waals surface area contributed by atoms with E-state index in [-0.39, 0.29) is 31.3 Å². The lowest BCUT2D eigenvalue weighted by atomic mass is 10.0. The molecule has 0 saturated carbocycles. The quantitative estimate of drug-likeness (QED) is 0.254. The molecule has 186 valence electrons. The second-order valence-corrected chi connectivity index (χ2v) is 8.00. The fourth-order valence-electron chi connectivity index (χ4n) is 3.80. The molecule has 3 heterocycles. The lowest BCUT2D eigenvalue weighted by Crippen LogP contribution is -2.26. The predicted octanol–water partition coefficient (Wildman–Crippen LogP) is 3.10. The number of carbonyl (C=O) groups excluding carboxylic acids is 1. The third-order valence-corrected chi connectivity index (χ3v) is 5.56. The molecule has 10 nitrogen and oxygen atoms in total. The van der Waals surface area contributed by atoms with Gasteiger partial charge in [0.05, 0.1) is 41.9 Å². The number of benzene rings is 2. The SMILES string of the molecule is Nc1nc(-c2ccc(F)cc2)c(-c2ccc3nc[nH]c3c2)nc1C(=O)NCc1ncccc1OCCO. The maximum atomic E-state index is 13.6. The maximum Gasteiger partial charge on any atom is 0.274 e. The van der Waals surface area contributed by atoms with Crippen LogP contribution in [0.25, 0.3) is 33.5 Å². The number of aliphatic hydroxyl groups excluding tert-OH is 1. The number of nitrogen functional groups attached to an aromatic ring is 1. The number of aliphatic hydroxyl groups is 1. The molecule has 3 aromatic heterocycles. The number of rotatable bonds is 8. The molecule has 0 atom stereocenters. The minimum Gasteiger partial charge on any atom is -0.489 e. The number of nitrogens with zero attached hydrogens (tertiary/aromatic N) is 4. The van der Waals surface area contributed by atoms with Gasteiger partial charge in [0.2, 0.25) is 0 Å². The fourth-order valence-corrected chi connectivity index (χ4v) is 3.80. The lowest BCUT2D eigenvalue weighted by Gasteiger charge is -2.14. The summed E-state index contributed by atoms with van der Waals surface area (Å²) in [4.78, 5) is 33.8. The minimum atomic E-state index is -0.557. The molecule has 5 rings (SSSR count). The molecule has 0 saturated heterocycles. The summed E-state index contributed by atoms with van der Waals surface area (Å²) in [6.07, 6.45) is 3.15. The van der Waals surface area contributed by atoms with Crippen molar-refractivity contribution in [1.82, 2.24) is 30.2 Å². The van der Waals surface area contributed by atoms with E-state index in [1.54, 1.807) is 36.8 Å². The third kappa shape index (κ3) is 5.07. The molecule has 5 aromatic rings. The van der Waals surface area contributed by atoms with Crippen molar-refractivity contribution < 1.29 is 19.0 Å². The molecule has 37 heavy (non-hydrogen) atoms. The number of aromatic nitrogens is 5. The number of nitrogens with two attached hydrogens (primary N) is 1. The molecule has 0 fully saturated rings. The lowest BCUT2D eigenvalue weighted by molar-refractivity contribution is 0.0945. The third-order valence-electron chi connectivity index (χ3n) is 5.56. The molecule has 0 spiro atoms. The van der Waals surface area contributed by atoms with Crippen LogP contribution in [0, 0.1) is 5.82 Å². The Labute approximate surface area is 210 Å². The Kier molecular flexibility index (Phi) is 6.68. The second-order valence-electron chi connectivity index (χ2n) is 8.00. The van der Waals surface area contributed by atoms with Crippen molar-refractivity contribution in [2.45, 2.75) is 6.54 Å². The highest BCUT2D eigenvalue weighted by Crippen LogP contribution is 2.32. The summed E-state index contributed by atoms with van der Waals surface area (Å²) in [6.45, 7) is -0.0169. The number of anilines is 1. The van der Waals surface area contributed by atoms with Crippen LogP contribution in [0.1, 0.15) is 16.2 Å². The highest BCUT2D eigenvalue weighted by atomic mass is 19.1. The molecular weight excluding hydrogens is 477 g/mol. The van der Waals surface area contributed by atoms with Crippen LogP contribution in [0.4, 0.5) is 10.2 Å². The Bertz CT molecular complexity index is 1570. The standard InChI is InChI=1S/C26H22FN7O3/c27-17-6-3-15(4-7-17)22-23(16-5-8-18-19(12-16)32-14-31-18)33-24(25(28)34-22)26(36)30-13-20-21(37-11-10-35)2-1-9-29-20/h1-9,12,14,35H,10-11,13H2,(H2,28,34)(H,30,36)(H,31,32). The van der Waals surface area contributed by atoms with Crippen LogP contribution >= 0.6 is 0 Å². The fraction of sp³-hybridized carbons (Fsp3) is 0.115. The number of nitrogens with one attached hydrogen (secondary N) is 2. The number of hydrogen-bond donors (Lipinski definition) is 4. The zero-order chi connectivity index (χ0) is 25.8. The molecule has 2 aromatic carbocycles. The van der Waals surface area contributed by atoms with Crippen molar-refractivity contribution in [2.75, 3.05) is 18.9 Å². The monoisotopic (exact) mass is 499 g/mol. The first-order chi connectivity index (χ1) is 18.0. The van der Waals surface area contributed by atoms with E-state index in [2.05, 4.69) is 30.2 Å². The van der Waals surface area contributed by atoms with Crippen molar-refractivity contribution in [3.05, 3.63) is 84.3 Å². The van der Waals surface area contributed by atoms with Gasteiger partial charge in [-0.2, -0.15) is 0 Å². The number of halogens is 1. The topological polar surface area (TPSA) is 152 Å². The number of fused-ring (bicyclic) bond motifs is 1. The van der Waals surface area contributed by atoms with Gasteiger partial charge in [-0.25, -0.2) is 19.3 Å². The molecule has 0 bridgehead atoms. The molecular formula is C26H22FN7O3. The number of imidazole rings is 1. The van der Waals surface area contributed by atoms with Gasteiger partial charge in [0.1, 0.15) is 23.9 Å². The van der Waals surface area contributed by atoms with E-state index < -0.39 is 11.7 Å². The minimum absolute atomic E-state index is 0.0384. The number of ether oxygens (including phenoxy) is 1. The van der Waals surface area contributed by atoms with Crippen molar-refractivity contribution in [2.24, 2.45) is 0 Å². The van der Waals surface area contributed by atoms with Gasteiger partial charge in [-0.05, 0) is 48.5 Å². The molecule has 0 aliphatic heterocycles. The number of aromatic amines is 1. The smallest absolute Gasteiger partial charge is 0.274 e. The summed E-state index contributed by atoms with van der Waals surface area (Å²) in [5.74, 6) is -0.590. The largest absolute Gasteiger partial charge is 0.489 e. The zero-order valence-corrected chi connectivity index (χ0v) is 19.5. The van der Waals surface area contributed by atoms with E-state index in [4.69, 9.17) is 15.6 Å². The molecule has 0 unspecified atom stereocenters. The van der Waals surface area contributed by atoms with E-state index in [0.29, 0.717) is 34.0 Å². The molecule has 0 aliphatic carbocycles. The first kappa shape index (κ1) is 23.8. The summed E-state index contributed by atoms with van der Waals surface area (Å²) < 4.78 is 19.1. The maximum absolute atomic E-state index is 13.6. The van der Waals surface area contributed by atoms with Gasteiger partial charge in [0.25, 0.3) is 5.91 Å². The van der Waals surface area contributed by atoms with Crippen molar-refractivity contribution in [1.29, 1.82) is 0 Å². The van der Waals surface area contributed by atoms with Gasteiger partial charge in [-0.1, -0.05) is 6.07 Å². The van der Waals surface area contributed by atoms with Gasteiger partial charge in [-0.15, -0.1) is 0 Å². The van der Waals surface area contributed by atoms with Crippen LogP contribution in [-0.4, -0.2) is 49.1 Å². The zero-order valence-electron chi connectivity index (χ0n) is 19.5. The average Bonchev–Trinajstić information content (AvgIpc) is 3.39. The van der Waals surface area contributed by atoms with E-state index in [1.165, 1.54) is 12.1 Å². The Morgan fingerprint density at radius 3 is 2.65 bits per heavy atom. The highest BCUT2D eigenvalue weighted by molar-refractivity contribution is 5.98. The number of amides is 1. The normalized spacial score (nSPS) is 11.0. The van der Waals surface area contributed by atoms with Gasteiger partial charge in [0.15, 0.2) is 11.5 Å². The second kappa shape index (κ2) is 10.4. The number of H-pyrrole nitrogens is 1. The Balaban J connectivity index is 1.51. The number of carbonyl (C=O) groups is 1. The van der Waals surface area contributed by atoms with Gasteiger partial charge in [-0.3, -0.25) is 9.78 Å². The Hall–Kier alpha value is -4.90. The van der Waals surface area contributed by atoms with Gasteiger partial charge < -0.3 is 25.9 Å². The molecule has 0 aliphatic rings. The predicted molar refractivity (Wildman–Crippen MR) is 135 cm³/mol. The van der Waals surface area contributed by atoms with E-state index in [0.717, 1.165) is 11.0 Å². The summed E-state index contributed by atoms with van der Waals surface area (Å²) in [5, 5.41) is 11.8.